The van der Waals surface area contributed by atoms with Gasteiger partial charge < -0.3 is 0 Å². The van der Waals surface area contributed by atoms with Gasteiger partial charge in [0.2, 0.25) is 0 Å². The molecule has 0 atom stereocenters. The van der Waals surface area contributed by atoms with Crippen molar-refractivity contribution in [3.05, 3.63) is 11.6 Å². The largest absolute Gasteiger partial charge is 0.0851 e. The van der Waals surface area contributed by atoms with Crippen LogP contribution < -0.4 is 0 Å². The lowest BCUT2D eigenvalue weighted by molar-refractivity contribution is 0.346. The van der Waals surface area contributed by atoms with Crippen LogP contribution in [0.1, 0.15) is 67.7 Å². The summed E-state index contributed by atoms with van der Waals surface area (Å²) in [7, 11) is 0. The molecule has 14 heavy (non-hydrogen) atoms. The Morgan fingerprint density at radius 3 is 1.93 bits per heavy atom. The van der Waals surface area contributed by atoms with Crippen molar-refractivity contribution in [2.45, 2.75) is 67.7 Å². The summed E-state index contributed by atoms with van der Waals surface area (Å²) in [5, 5.41) is 0. The molecule has 0 bridgehead atoms. The van der Waals surface area contributed by atoms with Crippen molar-refractivity contribution >= 4 is 0 Å². The summed E-state index contributed by atoms with van der Waals surface area (Å²) in [5.41, 5.74) is 2.45. The van der Waals surface area contributed by atoms with Gasteiger partial charge in [0, 0.05) is 0 Å². The Hall–Kier alpha value is -0.260. The van der Waals surface area contributed by atoms with Crippen LogP contribution in [0.25, 0.3) is 0 Å². The highest BCUT2D eigenvalue weighted by Gasteiger charge is 2.15. The predicted octanol–water partition coefficient (Wildman–Crippen LogP) is 5.20. The zero-order chi connectivity index (χ0) is 11.4. The second kappa shape index (κ2) is 5.00. The molecule has 0 radical (unpaired) electrons. The van der Waals surface area contributed by atoms with Gasteiger partial charge in [-0.25, -0.2) is 0 Å². The van der Waals surface area contributed by atoms with Crippen LogP contribution in [-0.2, 0) is 0 Å². The highest BCUT2D eigenvalue weighted by Crippen LogP contribution is 2.29. The maximum atomic E-state index is 2.41. The van der Waals surface area contributed by atoms with E-state index in [0.717, 1.165) is 0 Å². The van der Waals surface area contributed by atoms with E-state index in [1.54, 1.807) is 5.57 Å². The lowest BCUT2D eigenvalue weighted by Crippen LogP contribution is -2.10. The molecule has 0 fully saturated rings. The first-order valence-corrected chi connectivity index (χ1v) is 5.82. The topological polar surface area (TPSA) is 0 Å². The molecule has 0 N–H and O–H groups in total. The van der Waals surface area contributed by atoms with Crippen molar-refractivity contribution in [1.29, 1.82) is 0 Å². The monoisotopic (exact) mass is 196 g/mol. The number of hydrogen-bond donors (Lipinski definition) is 0. The van der Waals surface area contributed by atoms with E-state index in [0.29, 0.717) is 10.8 Å². The third kappa shape index (κ3) is 7.17. The van der Waals surface area contributed by atoms with Crippen LogP contribution in [0.3, 0.4) is 0 Å². The van der Waals surface area contributed by atoms with Gasteiger partial charge in [-0.3, -0.25) is 0 Å². The maximum Gasteiger partial charge on any atom is -0.0272 e. The first kappa shape index (κ1) is 13.7. The van der Waals surface area contributed by atoms with Crippen LogP contribution in [0.5, 0.6) is 0 Å². The minimum Gasteiger partial charge on any atom is -0.0851 e. The first-order chi connectivity index (χ1) is 6.16. The minimum absolute atomic E-state index is 0.428. The van der Waals surface area contributed by atoms with Crippen molar-refractivity contribution in [3.8, 4) is 0 Å². The van der Waals surface area contributed by atoms with E-state index in [-0.39, 0.29) is 0 Å². The fourth-order valence-electron chi connectivity index (χ4n) is 1.43. The van der Waals surface area contributed by atoms with E-state index in [1.807, 2.05) is 0 Å². The molecule has 0 aliphatic heterocycles. The summed E-state index contributed by atoms with van der Waals surface area (Å²) >= 11 is 0. The number of rotatable bonds is 4. The van der Waals surface area contributed by atoms with Crippen LogP contribution in [0.15, 0.2) is 11.6 Å². The average Bonchev–Trinajstić information content (AvgIpc) is 1.99. The van der Waals surface area contributed by atoms with Crippen LogP contribution in [0.4, 0.5) is 0 Å². The van der Waals surface area contributed by atoms with Gasteiger partial charge in [0.1, 0.15) is 0 Å². The molecule has 0 heterocycles. The van der Waals surface area contributed by atoms with E-state index in [4.69, 9.17) is 0 Å². The Morgan fingerprint density at radius 2 is 1.57 bits per heavy atom. The van der Waals surface area contributed by atoms with Gasteiger partial charge in [0.05, 0.1) is 0 Å². The lowest BCUT2D eigenvalue weighted by atomic mass is 9.82. The quantitative estimate of drug-likeness (QED) is 0.542. The highest BCUT2D eigenvalue weighted by atomic mass is 14.2. The molecular weight excluding hydrogens is 168 g/mol. The molecule has 0 saturated carbocycles. The summed E-state index contributed by atoms with van der Waals surface area (Å²) in [4.78, 5) is 0. The second-order valence-electron chi connectivity index (χ2n) is 6.51. The van der Waals surface area contributed by atoms with Gasteiger partial charge in [0.15, 0.2) is 0 Å². The summed E-state index contributed by atoms with van der Waals surface area (Å²) < 4.78 is 0. The minimum atomic E-state index is 0.428. The van der Waals surface area contributed by atoms with Gasteiger partial charge in [0.25, 0.3) is 0 Å². The second-order valence-corrected chi connectivity index (χ2v) is 6.51. The van der Waals surface area contributed by atoms with Crippen molar-refractivity contribution in [2.75, 3.05) is 0 Å². The van der Waals surface area contributed by atoms with Crippen LogP contribution in [0.2, 0.25) is 0 Å². The maximum absolute atomic E-state index is 2.41. The van der Waals surface area contributed by atoms with Crippen molar-refractivity contribution in [2.24, 2.45) is 10.8 Å². The summed E-state index contributed by atoms with van der Waals surface area (Å²) in [5.74, 6) is 0. The zero-order valence-electron chi connectivity index (χ0n) is 11.2. The molecule has 0 unspecified atom stereocenters. The fraction of sp³-hybridized carbons (Fsp3) is 0.857. The smallest absolute Gasteiger partial charge is 0.0272 e. The Kier molecular flexibility index (Phi) is 4.91. The molecule has 84 valence electrons. The predicted molar refractivity (Wildman–Crippen MR) is 66.5 cm³/mol. The standard InChI is InChI=1S/C14H28/c1-8-14(6,7)11-12(2)9-10-13(3,4)5/h9H,8,10-11H2,1-7H3. The number of allylic oxidation sites excluding steroid dienone is 2. The van der Waals surface area contributed by atoms with E-state index in [2.05, 4.69) is 54.5 Å². The third-order valence-corrected chi connectivity index (χ3v) is 2.78. The van der Waals surface area contributed by atoms with Gasteiger partial charge in [-0.05, 0) is 30.6 Å². The summed E-state index contributed by atoms with van der Waals surface area (Å²) in [6.45, 7) is 16.1. The van der Waals surface area contributed by atoms with E-state index >= 15 is 0 Å². The Labute approximate surface area is 90.8 Å². The fourth-order valence-corrected chi connectivity index (χ4v) is 1.43. The zero-order valence-corrected chi connectivity index (χ0v) is 11.2. The Morgan fingerprint density at radius 1 is 1.07 bits per heavy atom. The van der Waals surface area contributed by atoms with Crippen LogP contribution in [0, 0.1) is 10.8 Å². The molecule has 0 amide bonds. The summed E-state index contributed by atoms with van der Waals surface area (Å²) in [6.07, 6.45) is 6.10. The summed E-state index contributed by atoms with van der Waals surface area (Å²) in [6, 6.07) is 0. The van der Waals surface area contributed by atoms with Gasteiger partial charge in [-0.15, -0.1) is 0 Å². The molecule has 0 aromatic carbocycles. The molecule has 0 rings (SSSR count). The Balaban J connectivity index is 4.15. The number of hydrogen-bond acceptors (Lipinski definition) is 0. The molecular formula is C14H28. The third-order valence-electron chi connectivity index (χ3n) is 2.78. The molecule has 0 saturated heterocycles. The Bertz CT molecular complexity index is 189. The van der Waals surface area contributed by atoms with E-state index in [9.17, 15) is 0 Å². The molecule has 0 nitrogen and oxygen atoms in total. The van der Waals surface area contributed by atoms with Gasteiger partial charge in [-0.2, -0.15) is 0 Å². The molecule has 0 aliphatic rings. The molecule has 0 aromatic heterocycles. The van der Waals surface area contributed by atoms with Crippen molar-refractivity contribution < 1.29 is 0 Å². The lowest BCUT2D eigenvalue weighted by Gasteiger charge is -2.23. The highest BCUT2D eigenvalue weighted by molar-refractivity contribution is 5.02. The van der Waals surface area contributed by atoms with Crippen LogP contribution in [-0.4, -0.2) is 0 Å². The molecule has 0 spiro atoms. The van der Waals surface area contributed by atoms with Crippen molar-refractivity contribution in [1.82, 2.24) is 0 Å². The first-order valence-electron chi connectivity index (χ1n) is 5.82. The van der Waals surface area contributed by atoms with E-state index in [1.165, 1.54) is 19.3 Å². The average molecular weight is 196 g/mol. The van der Waals surface area contributed by atoms with E-state index < -0.39 is 0 Å². The van der Waals surface area contributed by atoms with Gasteiger partial charge in [-0.1, -0.05) is 59.6 Å². The molecule has 0 aromatic rings. The SMILES string of the molecule is CCC(C)(C)CC(C)=CCC(C)(C)C. The van der Waals surface area contributed by atoms with Gasteiger partial charge >= 0.3 is 0 Å². The molecule has 0 heteroatoms. The molecule has 0 aliphatic carbocycles. The van der Waals surface area contributed by atoms with Crippen LogP contribution >= 0.6 is 0 Å². The van der Waals surface area contributed by atoms with Crippen molar-refractivity contribution in [3.63, 3.8) is 0 Å². The normalized spacial score (nSPS) is 14.6.